The molecule has 0 atom stereocenters. The molecular formula is C15H23N3O2. The van der Waals surface area contributed by atoms with Crippen LogP contribution >= 0.6 is 0 Å². The Hall–Kier alpha value is -1.62. The molecule has 1 aliphatic heterocycles. The van der Waals surface area contributed by atoms with Crippen LogP contribution in [0.2, 0.25) is 0 Å². The summed E-state index contributed by atoms with van der Waals surface area (Å²) in [6, 6.07) is 4.73. The highest BCUT2D eigenvalue weighted by molar-refractivity contribution is 5.92. The molecule has 0 unspecified atom stereocenters. The second-order valence-electron chi connectivity index (χ2n) is 5.37. The standard InChI is InChI=1S/C15H23N3O2/c1-2-10-18(11-12-6-8-16-9-7-12)15(20)13-4-3-5-14(19)17-13/h3-5,12,16H,2,6-11H2,1H3,(H,17,19). The Kier molecular flexibility index (Phi) is 5.35. The van der Waals surface area contributed by atoms with E-state index in [1.807, 2.05) is 4.90 Å². The highest BCUT2D eigenvalue weighted by atomic mass is 16.2. The van der Waals surface area contributed by atoms with Crippen LogP contribution in [0.1, 0.15) is 36.7 Å². The number of amides is 1. The van der Waals surface area contributed by atoms with Crippen molar-refractivity contribution < 1.29 is 4.79 Å². The van der Waals surface area contributed by atoms with Gasteiger partial charge in [-0.1, -0.05) is 13.0 Å². The molecule has 1 fully saturated rings. The fourth-order valence-corrected chi connectivity index (χ4v) is 2.66. The lowest BCUT2D eigenvalue weighted by molar-refractivity contribution is 0.0710. The van der Waals surface area contributed by atoms with Crippen LogP contribution in [0.15, 0.2) is 23.0 Å². The first kappa shape index (κ1) is 14.8. The number of aromatic amines is 1. The van der Waals surface area contributed by atoms with Gasteiger partial charge in [0.2, 0.25) is 5.56 Å². The Balaban J connectivity index is 2.06. The van der Waals surface area contributed by atoms with Gasteiger partial charge in [0, 0.05) is 19.2 Å². The SMILES string of the molecule is CCCN(CC1CCNCC1)C(=O)c1cccc(=O)[nH]1. The highest BCUT2D eigenvalue weighted by Gasteiger charge is 2.21. The summed E-state index contributed by atoms with van der Waals surface area (Å²) in [7, 11) is 0. The number of piperidine rings is 1. The van der Waals surface area contributed by atoms with Crippen LogP contribution in [0.5, 0.6) is 0 Å². The second-order valence-corrected chi connectivity index (χ2v) is 5.37. The molecule has 5 nitrogen and oxygen atoms in total. The lowest BCUT2D eigenvalue weighted by Gasteiger charge is -2.30. The summed E-state index contributed by atoms with van der Waals surface area (Å²) in [6.07, 6.45) is 3.14. The normalized spacial score (nSPS) is 16.1. The average Bonchev–Trinajstić information content (AvgIpc) is 2.47. The van der Waals surface area contributed by atoms with Crippen LogP contribution in [0, 0.1) is 5.92 Å². The molecule has 2 N–H and O–H groups in total. The van der Waals surface area contributed by atoms with Crippen molar-refractivity contribution in [2.75, 3.05) is 26.2 Å². The number of aromatic nitrogens is 1. The minimum Gasteiger partial charge on any atom is -0.337 e. The van der Waals surface area contributed by atoms with E-state index in [0.29, 0.717) is 11.6 Å². The van der Waals surface area contributed by atoms with Crippen molar-refractivity contribution in [3.8, 4) is 0 Å². The van der Waals surface area contributed by atoms with Gasteiger partial charge in [0.15, 0.2) is 0 Å². The molecule has 1 aromatic heterocycles. The third-order valence-electron chi connectivity index (χ3n) is 3.72. The number of pyridine rings is 1. The Morgan fingerprint density at radius 1 is 1.35 bits per heavy atom. The molecule has 0 spiro atoms. The predicted octanol–water partition coefficient (Wildman–Crippen LogP) is 1.23. The summed E-state index contributed by atoms with van der Waals surface area (Å²) < 4.78 is 0. The van der Waals surface area contributed by atoms with Crippen LogP contribution in [0.25, 0.3) is 0 Å². The number of H-pyrrole nitrogens is 1. The van der Waals surface area contributed by atoms with Crippen molar-refractivity contribution in [2.45, 2.75) is 26.2 Å². The maximum absolute atomic E-state index is 12.5. The van der Waals surface area contributed by atoms with E-state index >= 15 is 0 Å². The molecule has 1 saturated heterocycles. The molecule has 0 saturated carbocycles. The molecule has 5 heteroatoms. The molecule has 1 aromatic rings. The Bertz CT molecular complexity index is 492. The topological polar surface area (TPSA) is 65.2 Å². The number of nitrogens with zero attached hydrogens (tertiary/aromatic N) is 1. The van der Waals surface area contributed by atoms with Crippen LogP contribution in [0.3, 0.4) is 0 Å². The summed E-state index contributed by atoms with van der Waals surface area (Å²) in [5.41, 5.74) is 0.161. The third-order valence-corrected chi connectivity index (χ3v) is 3.72. The quantitative estimate of drug-likeness (QED) is 0.850. The van der Waals surface area contributed by atoms with Gasteiger partial charge >= 0.3 is 0 Å². The van der Waals surface area contributed by atoms with Crippen LogP contribution in [-0.4, -0.2) is 42.0 Å². The number of carbonyl (C=O) groups excluding carboxylic acids is 1. The van der Waals surface area contributed by atoms with Crippen molar-refractivity contribution in [3.05, 3.63) is 34.2 Å². The number of rotatable bonds is 5. The van der Waals surface area contributed by atoms with Gasteiger partial charge < -0.3 is 15.2 Å². The fraction of sp³-hybridized carbons (Fsp3) is 0.600. The summed E-state index contributed by atoms with van der Waals surface area (Å²) >= 11 is 0. The van der Waals surface area contributed by atoms with E-state index in [1.54, 1.807) is 12.1 Å². The third kappa shape index (κ3) is 3.93. The lowest BCUT2D eigenvalue weighted by atomic mass is 9.97. The summed E-state index contributed by atoms with van der Waals surface area (Å²) in [5, 5.41) is 3.34. The summed E-state index contributed by atoms with van der Waals surface area (Å²) in [4.78, 5) is 28.3. The molecule has 1 aliphatic rings. The zero-order chi connectivity index (χ0) is 14.4. The van der Waals surface area contributed by atoms with Crippen molar-refractivity contribution in [2.24, 2.45) is 5.92 Å². The number of nitrogens with one attached hydrogen (secondary N) is 2. The van der Waals surface area contributed by atoms with Gasteiger partial charge in [-0.15, -0.1) is 0 Å². The van der Waals surface area contributed by atoms with Crippen molar-refractivity contribution in [3.63, 3.8) is 0 Å². The monoisotopic (exact) mass is 277 g/mol. The smallest absolute Gasteiger partial charge is 0.270 e. The van der Waals surface area contributed by atoms with Gasteiger partial charge in [-0.3, -0.25) is 9.59 Å². The maximum Gasteiger partial charge on any atom is 0.270 e. The number of hydrogen-bond donors (Lipinski definition) is 2. The van der Waals surface area contributed by atoms with E-state index in [4.69, 9.17) is 0 Å². The van der Waals surface area contributed by atoms with E-state index in [2.05, 4.69) is 17.2 Å². The van der Waals surface area contributed by atoms with Crippen LogP contribution in [-0.2, 0) is 0 Å². The number of carbonyl (C=O) groups is 1. The van der Waals surface area contributed by atoms with E-state index < -0.39 is 0 Å². The van der Waals surface area contributed by atoms with E-state index in [-0.39, 0.29) is 11.5 Å². The molecule has 0 radical (unpaired) electrons. The first-order chi connectivity index (χ1) is 9.70. The van der Waals surface area contributed by atoms with Crippen LogP contribution in [0.4, 0.5) is 0 Å². The molecule has 110 valence electrons. The largest absolute Gasteiger partial charge is 0.337 e. The first-order valence-corrected chi connectivity index (χ1v) is 7.40. The Morgan fingerprint density at radius 3 is 2.75 bits per heavy atom. The fourth-order valence-electron chi connectivity index (χ4n) is 2.66. The van der Waals surface area contributed by atoms with Gasteiger partial charge in [0.1, 0.15) is 5.69 Å². The summed E-state index contributed by atoms with van der Waals surface area (Å²) in [6.45, 7) is 5.64. The van der Waals surface area contributed by atoms with Gasteiger partial charge in [-0.05, 0) is 44.3 Å². The molecule has 2 rings (SSSR count). The average molecular weight is 277 g/mol. The van der Waals surface area contributed by atoms with Crippen molar-refractivity contribution in [1.82, 2.24) is 15.2 Å². The first-order valence-electron chi connectivity index (χ1n) is 7.40. The molecular weight excluding hydrogens is 254 g/mol. The molecule has 1 amide bonds. The van der Waals surface area contributed by atoms with Gasteiger partial charge in [-0.25, -0.2) is 0 Å². The molecule has 0 bridgehead atoms. The highest BCUT2D eigenvalue weighted by Crippen LogP contribution is 2.15. The zero-order valence-electron chi connectivity index (χ0n) is 12.0. The summed E-state index contributed by atoms with van der Waals surface area (Å²) in [5.74, 6) is 0.491. The lowest BCUT2D eigenvalue weighted by Crippen LogP contribution is -2.40. The van der Waals surface area contributed by atoms with E-state index in [0.717, 1.165) is 45.4 Å². The van der Waals surface area contributed by atoms with Crippen molar-refractivity contribution >= 4 is 5.91 Å². The molecule has 0 aromatic carbocycles. The maximum atomic E-state index is 12.5. The molecule has 0 aliphatic carbocycles. The van der Waals surface area contributed by atoms with Gasteiger partial charge in [0.05, 0.1) is 0 Å². The number of hydrogen-bond acceptors (Lipinski definition) is 3. The van der Waals surface area contributed by atoms with Gasteiger partial charge in [0.25, 0.3) is 5.91 Å². The van der Waals surface area contributed by atoms with Gasteiger partial charge in [-0.2, -0.15) is 0 Å². The molecule has 2 heterocycles. The van der Waals surface area contributed by atoms with Crippen LogP contribution < -0.4 is 10.9 Å². The molecule has 20 heavy (non-hydrogen) atoms. The Morgan fingerprint density at radius 2 is 2.10 bits per heavy atom. The predicted molar refractivity (Wildman–Crippen MR) is 78.9 cm³/mol. The zero-order valence-corrected chi connectivity index (χ0v) is 12.0. The minimum atomic E-state index is -0.228. The minimum absolute atomic E-state index is 0.0666. The van der Waals surface area contributed by atoms with E-state index in [1.165, 1.54) is 6.07 Å². The van der Waals surface area contributed by atoms with E-state index in [9.17, 15) is 9.59 Å². The van der Waals surface area contributed by atoms with Crippen molar-refractivity contribution in [1.29, 1.82) is 0 Å². The second kappa shape index (κ2) is 7.24. The Labute approximate surface area is 119 Å².